The maximum absolute atomic E-state index is 12.4. The monoisotopic (exact) mass is 414 g/mol. The van der Waals surface area contributed by atoms with Gasteiger partial charge in [-0.15, -0.1) is 0 Å². The summed E-state index contributed by atoms with van der Waals surface area (Å²) in [5, 5.41) is 13.7. The topological polar surface area (TPSA) is 97.8 Å². The van der Waals surface area contributed by atoms with Crippen LogP contribution in [-0.4, -0.2) is 35.1 Å². The number of pyridine rings is 1. The molecule has 150 valence electrons. The molecule has 1 heterocycles. The van der Waals surface area contributed by atoms with Gasteiger partial charge in [-0.25, -0.2) is 9.78 Å². The highest BCUT2D eigenvalue weighted by molar-refractivity contribution is 6.35. The largest absolute Gasteiger partial charge is 0.505 e. The fraction of sp³-hybridized carbons (Fsp3) is 0.190. The van der Waals surface area contributed by atoms with Crippen LogP contribution in [0.2, 0.25) is 5.15 Å². The lowest BCUT2D eigenvalue weighted by Gasteiger charge is -2.14. The molecule has 29 heavy (non-hydrogen) atoms. The van der Waals surface area contributed by atoms with E-state index in [0.29, 0.717) is 23.1 Å². The van der Waals surface area contributed by atoms with E-state index in [2.05, 4.69) is 15.0 Å². The van der Waals surface area contributed by atoms with Crippen molar-refractivity contribution >= 4 is 34.2 Å². The third-order valence-electron chi connectivity index (χ3n) is 4.27. The van der Waals surface area contributed by atoms with E-state index in [9.17, 15) is 14.7 Å². The van der Waals surface area contributed by atoms with Gasteiger partial charge in [0.15, 0.2) is 11.4 Å². The molecule has 1 aromatic heterocycles. The number of methoxy groups -OCH3 is 1. The number of carbonyl (C=O) groups excluding carboxylic acids is 2. The van der Waals surface area contributed by atoms with Crippen molar-refractivity contribution < 1.29 is 24.2 Å². The Bertz CT molecular complexity index is 1060. The number of aromatic hydroxyl groups is 1. The van der Waals surface area contributed by atoms with Crippen LogP contribution >= 0.6 is 11.6 Å². The van der Waals surface area contributed by atoms with Crippen LogP contribution in [0.15, 0.2) is 48.5 Å². The molecule has 1 amide bonds. The van der Waals surface area contributed by atoms with Crippen molar-refractivity contribution in [2.75, 3.05) is 7.11 Å². The molecule has 0 aliphatic rings. The molecule has 2 aromatic carbocycles. The van der Waals surface area contributed by atoms with Gasteiger partial charge in [0.1, 0.15) is 23.6 Å². The van der Waals surface area contributed by atoms with Gasteiger partial charge in [0, 0.05) is 10.8 Å². The molecule has 7 nitrogen and oxygen atoms in total. The van der Waals surface area contributed by atoms with Gasteiger partial charge < -0.3 is 19.9 Å². The van der Waals surface area contributed by atoms with Crippen LogP contribution in [0.5, 0.6) is 11.5 Å². The second-order valence-corrected chi connectivity index (χ2v) is 6.66. The molecule has 1 atom stereocenters. The van der Waals surface area contributed by atoms with Crippen LogP contribution in [0, 0.1) is 0 Å². The summed E-state index contributed by atoms with van der Waals surface area (Å²) in [6, 6.07) is 13.7. The molecule has 0 fully saturated rings. The second kappa shape index (κ2) is 8.79. The number of fused-ring (bicyclic) bond motifs is 1. The maximum atomic E-state index is 12.4. The number of nitrogens with zero attached hydrogens (tertiary/aromatic N) is 1. The highest BCUT2D eigenvalue weighted by Crippen LogP contribution is 2.34. The number of aromatic nitrogens is 1. The predicted octanol–water partition coefficient (Wildman–Crippen LogP) is 3.46. The van der Waals surface area contributed by atoms with E-state index in [4.69, 9.17) is 16.3 Å². The molecule has 0 saturated carbocycles. The molecule has 0 bridgehead atoms. The SMILES string of the molecule is COC(=O)[C@H](C)NC(=O)c1nc(Cl)c2cc(OCc3ccccc3)ccc2c1O. The number of halogens is 1. The zero-order valence-corrected chi connectivity index (χ0v) is 16.6. The fourth-order valence-corrected chi connectivity index (χ4v) is 2.97. The first-order valence-corrected chi connectivity index (χ1v) is 9.16. The Labute approximate surface area is 172 Å². The standard InChI is InChI=1S/C21H19ClN2O5/c1-12(21(27)28-2)23-20(26)17-18(25)15-9-8-14(10-16(15)19(22)24-17)29-11-13-6-4-3-5-7-13/h3-10,12,25H,11H2,1-2H3,(H,23,26)/t12-/m0/s1. The first-order valence-electron chi connectivity index (χ1n) is 8.78. The lowest BCUT2D eigenvalue weighted by molar-refractivity contribution is -0.142. The van der Waals surface area contributed by atoms with Crippen molar-refractivity contribution in [2.24, 2.45) is 0 Å². The lowest BCUT2D eigenvalue weighted by atomic mass is 10.1. The van der Waals surface area contributed by atoms with E-state index in [0.717, 1.165) is 5.56 Å². The van der Waals surface area contributed by atoms with Crippen molar-refractivity contribution in [2.45, 2.75) is 19.6 Å². The number of rotatable bonds is 6. The zero-order chi connectivity index (χ0) is 21.0. The molecule has 0 aliphatic carbocycles. The van der Waals surface area contributed by atoms with Crippen molar-refractivity contribution in [1.29, 1.82) is 0 Å². The predicted molar refractivity (Wildman–Crippen MR) is 108 cm³/mol. The van der Waals surface area contributed by atoms with E-state index < -0.39 is 17.9 Å². The maximum Gasteiger partial charge on any atom is 0.328 e. The van der Waals surface area contributed by atoms with Gasteiger partial charge in [0.05, 0.1) is 7.11 Å². The number of benzene rings is 2. The lowest BCUT2D eigenvalue weighted by Crippen LogP contribution is -2.39. The minimum Gasteiger partial charge on any atom is -0.505 e. The summed E-state index contributed by atoms with van der Waals surface area (Å²) >= 11 is 6.24. The Kier molecular flexibility index (Phi) is 6.19. The van der Waals surface area contributed by atoms with E-state index in [1.54, 1.807) is 18.2 Å². The first kappa shape index (κ1) is 20.4. The summed E-state index contributed by atoms with van der Waals surface area (Å²) < 4.78 is 10.3. The third kappa shape index (κ3) is 4.57. The van der Waals surface area contributed by atoms with Crippen molar-refractivity contribution in [1.82, 2.24) is 10.3 Å². The Morgan fingerprint density at radius 2 is 1.90 bits per heavy atom. The van der Waals surface area contributed by atoms with Gasteiger partial charge >= 0.3 is 5.97 Å². The molecule has 3 rings (SSSR count). The summed E-state index contributed by atoms with van der Waals surface area (Å²) in [7, 11) is 1.21. The summed E-state index contributed by atoms with van der Waals surface area (Å²) in [6.45, 7) is 1.83. The Morgan fingerprint density at radius 1 is 1.17 bits per heavy atom. The molecular formula is C21H19ClN2O5. The highest BCUT2D eigenvalue weighted by atomic mass is 35.5. The van der Waals surface area contributed by atoms with Crippen LogP contribution in [0.3, 0.4) is 0 Å². The number of carbonyl (C=O) groups is 2. The number of hydrogen-bond acceptors (Lipinski definition) is 6. The number of ether oxygens (including phenoxy) is 2. The minimum atomic E-state index is -0.906. The van der Waals surface area contributed by atoms with Crippen LogP contribution in [0.4, 0.5) is 0 Å². The average Bonchev–Trinajstić information content (AvgIpc) is 2.74. The summed E-state index contributed by atoms with van der Waals surface area (Å²) in [4.78, 5) is 27.9. The van der Waals surface area contributed by atoms with Gasteiger partial charge in [-0.1, -0.05) is 41.9 Å². The molecule has 2 N–H and O–H groups in total. The molecule has 8 heteroatoms. The first-order chi connectivity index (χ1) is 13.9. The van der Waals surface area contributed by atoms with Crippen molar-refractivity contribution in [3.8, 4) is 11.5 Å². The fourth-order valence-electron chi connectivity index (χ4n) is 2.73. The smallest absolute Gasteiger partial charge is 0.328 e. The van der Waals surface area contributed by atoms with Crippen LogP contribution < -0.4 is 10.1 Å². The van der Waals surface area contributed by atoms with E-state index >= 15 is 0 Å². The second-order valence-electron chi connectivity index (χ2n) is 6.30. The number of esters is 1. The zero-order valence-electron chi connectivity index (χ0n) is 15.8. The Balaban J connectivity index is 1.85. The normalized spacial score (nSPS) is 11.7. The molecule has 0 spiro atoms. The van der Waals surface area contributed by atoms with Crippen molar-refractivity contribution in [3.05, 3.63) is 64.9 Å². The summed E-state index contributed by atoms with van der Waals surface area (Å²) in [5.41, 5.74) is 0.725. The van der Waals surface area contributed by atoms with E-state index in [1.807, 2.05) is 30.3 Å². The van der Waals surface area contributed by atoms with E-state index in [1.165, 1.54) is 14.0 Å². The molecule has 0 unspecified atom stereocenters. The molecule has 3 aromatic rings. The van der Waals surface area contributed by atoms with Gasteiger partial charge in [-0.05, 0) is 30.7 Å². The van der Waals surface area contributed by atoms with Crippen molar-refractivity contribution in [3.63, 3.8) is 0 Å². The molecule has 0 radical (unpaired) electrons. The minimum absolute atomic E-state index is 0.0267. The average molecular weight is 415 g/mol. The number of hydrogen-bond donors (Lipinski definition) is 2. The number of nitrogens with one attached hydrogen (secondary N) is 1. The molecule has 0 saturated heterocycles. The number of amides is 1. The summed E-state index contributed by atoms with van der Waals surface area (Å²) in [6.07, 6.45) is 0. The third-order valence-corrected chi connectivity index (χ3v) is 4.56. The summed E-state index contributed by atoms with van der Waals surface area (Å²) in [5.74, 6) is -1.16. The van der Waals surface area contributed by atoms with Crippen LogP contribution in [-0.2, 0) is 16.1 Å². The van der Waals surface area contributed by atoms with Crippen LogP contribution in [0.25, 0.3) is 10.8 Å². The molecular weight excluding hydrogens is 396 g/mol. The quantitative estimate of drug-likeness (QED) is 0.473. The van der Waals surface area contributed by atoms with Crippen LogP contribution in [0.1, 0.15) is 23.0 Å². The van der Waals surface area contributed by atoms with E-state index in [-0.39, 0.29) is 16.6 Å². The van der Waals surface area contributed by atoms with Gasteiger partial charge in [-0.3, -0.25) is 4.79 Å². The van der Waals surface area contributed by atoms with Gasteiger partial charge in [0.25, 0.3) is 5.91 Å². The van der Waals surface area contributed by atoms with Gasteiger partial charge in [-0.2, -0.15) is 0 Å². The Morgan fingerprint density at radius 3 is 2.59 bits per heavy atom. The molecule has 0 aliphatic heterocycles. The van der Waals surface area contributed by atoms with Gasteiger partial charge in [0.2, 0.25) is 0 Å². The highest BCUT2D eigenvalue weighted by Gasteiger charge is 2.23. The Hall–Kier alpha value is -3.32.